The van der Waals surface area contributed by atoms with E-state index >= 15 is 0 Å². The van der Waals surface area contributed by atoms with E-state index in [0.29, 0.717) is 34.5 Å². The van der Waals surface area contributed by atoms with Crippen LogP contribution in [-0.2, 0) is 17.8 Å². The number of Topliss-reactive ketones (excluding diaryl/α,β-unsaturated/α-hetero) is 1. The van der Waals surface area contributed by atoms with E-state index in [1.807, 2.05) is 60.7 Å². The van der Waals surface area contributed by atoms with E-state index in [-0.39, 0.29) is 47.1 Å². The molecular weight excluding hydrogens is 507 g/mol. The SMILES string of the molecule is O=C([O-])/C(=C(\Cc1ccccc1)C(=O)c1ccc(OCc2ccccc2)cc1)c1ccc2nsnc2c1.[Na+]. The minimum Gasteiger partial charge on any atom is -0.545 e. The molecule has 38 heavy (non-hydrogen) atoms. The van der Waals surface area contributed by atoms with Crippen LogP contribution in [0.4, 0.5) is 0 Å². The van der Waals surface area contributed by atoms with Crippen LogP contribution in [0.1, 0.15) is 27.0 Å². The molecule has 0 fully saturated rings. The Balaban J connectivity index is 0.00000336. The average molecular weight is 529 g/mol. The van der Waals surface area contributed by atoms with Crippen LogP contribution in [0.25, 0.3) is 16.6 Å². The third-order valence-electron chi connectivity index (χ3n) is 5.91. The normalized spacial score (nSPS) is 11.4. The molecule has 0 bridgehead atoms. The fraction of sp³-hybridized carbons (Fsp3) is 0.0667. The molecule has 0 aliphatic carbocycles. The molecule has 0 N–H and O–H groups in total. The number of carbonyl (C=O) groups is 2. The van der Waals surface area contributed by atoms with Crippen molar-refractivity contribution < 1.29 is 49.0 Å². The zero-order valence-electron chi connectivity index (χ0n) is 20.7. The summed E-state index contributed by atoms with van der Waals surface area (Å²) in [6, 6.07) is 30.7. The topological polar surface area (TPSA) is 92.2 Å². The first kappa shape index (κ1) is 27.4. The Kier molecular flexibility index (Phi) is 9.20. The summed E-state index contributed by atoms with van der Waals surface area (Å²) in [6.45, 7) is 0.399. The van der Waals surface area contributed by atoms with E-state index in [4.69, 9.17) is 4.74 Å². The molecule has 0 amide bonds. The van der Waals surface area contributed by atoms with Gasteiger partial charge in [-0.1, -0.05) is 66.7 Å². The Morgan fingerprint density at radius 3 is 2.00 bits per heavy atom. The van der Waals surface area contributed by atoms with Crippen molar-refractivity contribution in [3.8, 4) is 5.75 Å². The van der Waals surface area contributed by atoms with Crippen LogP contribution < -0.4 is 39.4 Å². The number of carboxylic acid groups (broad SMARTS) is 1. The Morgan fingerprint density at radius 1 is 0.737 bits per heavy atom. The van der Waals surface area contributed by atoms with Crippen molar-refractivity contribution in [1.29, 1.82) is 0 Å². The predicted molar refractivity (Wildman–Crippen MR) is 141 cm³/mol. The first-order chi connectivity index (χ1) is 18.1. The van der Waals surface area contributed by atoms with Gasteiger partial charge in [0.25, 0.3) is 0 Å². The van der Waals surface area contributed by atoms with Gasteiger partial charge < -0.3 is 14.6 Å². The fourth-order valence-corrected chi connectivity index (χ4v) is 4.57. The summed E-state index contributed by atoms with van der Waals surface area (Å²) in [6.07, 6.45) is 0.128. The number of hydrogen-bond donors (Lipinski definition) is 0. The molecule has 1 heterocycles. The summed E-state index contributed by atoms with van der Waals surface area (Å²) in [4.78, 5) is 26.2. The third kappa shape index (κ3) is 6.44. The van der Waals surface area contributed by atoms with Crippen LogP contribution in [0.2, 0.25) is 0 Å². The number of rotatable bonds is 9. The van der Waals surface area contributed by atoms with E-state index in [2.05, 4.69) is 8.75 Å². The molecule has 0 saturated heterocycles. The first-order valence-corrected chi connectivity index (χ1v) is 12.3. The number of benzene rings is 4. The molecular formula is C30H21N2NaO4S. The molecule has 4 aromatic carbocycles. The zero-order chi connectivity index (χ0) is 25.6. The summed E-state index contributed by atoms with van der Waals surface area (Å²) in [5, 5.41) is 12.4. The van der Waals surface area contributed by atoms with Crippen molar-refractivity contribution in [2.75, 3.05) is 0 Å². The standard InChI is InChI=1S/C30H22N2O4S.Na/c33-29(22-11-14-24(15-12-22)36-19-21-9-5-2-6-10-21)25(17-20-7-3-1-4-8-20)28(30(34)35)23-13-16-26-27(18-23)32-37-31-26;/h1-16,18H,17,19H2,(H,34,35);/q;+1/p-1/b28-25+;. The number of nitrogens with zero attached hydrogens (tertiary/aromatic N) is 2. The average Bonchev–Trinajstić information content (AvgIpc) is 3.41. The molecule has 0 radical (unpaired) electrons. The largest absolute Gasteiger partial charge is 1.00 e. The molecule has 0 spiro atoms. The van der Waals surface area contributed by atoms with Crippen molar-refractivity contribution in [2.24, 2.45) is 0 Å². The summed E-state index contributed by atoms with van der Waals surface area (Å²) in [7, 11) is 0. The van der Waals surface area contributed by atoms with Crippen molar-refractivity contribution >= 4 is 40.1 Å². The number of carboxylic acids is 1. The number of aromatic nitrogens is 2. The Hall–Kier alpha value is -3.62. The minimum absolute atomic E-state index is 0. The fourth-order valence-electron chi connectivity index (χ4n) is 4.05. The maximum absolute atomic E-state index is 13.8. The zero-order valence-corrected chi connectivity index (χ0v) is 23.5. The van der Waals surface area contributed by atoms with Crippen molar-refractivity contribution in [1.82, 2.24) is 8.75 Å². The number of allylic oxidation sites excluding steroid dienone is 1. The minimum atomic E-state index is -1.43. The van der Waals surface area contributed by atoms with Gasteiger partial charge in [0.15, 0.2) is 5.78 Å². The molecule has 0 saturated carbocycles. The number of fused-ring (bicyclic) bond motifs is 1. The summed E-state index contributed by atoms with van der Waals surface area (Å²) in [5.74, 6) is -1.21. The van der Waals surface area contributed by atoms with Gasteiger partial charge in [-0.25, -0.2) is 0 Å². The van der Waals surface area contributed by atoms with E-state index < -0.39 is 11.8 Å². The van der Waals surface area contributed by atoms with Crippen LogP contribution in [0.3, 0.4) is 0 Å². The van der Waals surface area contributed by atoms with Crippen molar-refractivity contribution in [3.05, 3.63) is 131 Å². The quantitative estimate of drug-likeness (QED) is 0.165. The van der Waals surface area contributed by atoms with Crippen molar-refractivity contribution in [3.63, 3.8) is 0 Å². The van der Waals surface area contributed by atoms with Crippen molar-refractivity contribution in [2.45, 2.75) is 13.0 Å². The second kappa shape index (κ2) is 12.8. The van der Waals surface area contributed by atoms with Gasteiger partial charge in [-0.2, -0.15) is 8.75 Å². The molecule has 0 aliphatic rings. The molecule has 0 aliphatic heterocycles. The van der Waals surface area contributed by atoms with Gasteiger partial charge >= 0.3 is 29.6 Å². The monoisotopic (exact) mass is 528 g/mol. The van der Waals surface area contributed by atoms with E-state index in [0.717, 1.165) is 22.9 Å². The number of carbonyl (C=O) groups excluding carboxylic acids is 2. The maximum Gasteiger partial charge on any atom is 1.00 e. The summed E-state index contributed by atoms with van der Waals surface area (Å²) in [5.41, 5.74) is 3.74. The Morgan fingerprint density at radius 2 is 1.34 bits per heavy atom. The van der Waals surface area contributed by atoms with Crippen LogP contribution >= 0.6 is 11.7 Å². The molecule has 0 unspecified atom stereocenters. The van der Waals surface area contributed by atoms with Crippen LogP contribution in [-0.4, -0.2) is 20.5 Å². The number of aliphatic carboxylic acids is 1. The number of ketones is 1. The number of hydrogen-bond acceptors (Lipinski definition) is 7. The van der Waals surface area contributed by atoms with Gasteiger partial charge in [0, 0.05) is 23.1 Å². The molecule has 6 nitrogen and oxygen atoms in total. The number of ether oxygens (including phenoxy) is 1. The second-order valence-electron chi connectivity index (χ2n) is 8.40. The molecule has 1 aromatic heterocycles. The molecule has 5 rings (SSSR count). The molecule has 182 valence electrons. The molecule has 5 aromatic rings. The Bertz CT molecular complexity index is 1580. The van der Waals surface area contributed by atoms with E-state index in [1.165, 1.54) is 0 Å². The third-order valence-corrected chi connectivity index (χ3v) is 6.47. The van der Waals surface area contributed by atoms with Crippen LogP contribution in [0, 0.1) is 0 Å². The van der Waals surface area contributed by atoms with Crippen LogP contribution in [0.15, 0.2) is 109 Å². The predicted octanol–water partition coefficient (Wildman–Crippen LogP) is 1.90. The Labute approximate surface area is 246 Å². The first-order valence-electron chi connectivity index (χ1n) is 11.6. The van der Waals surface area contributed by atoms with Gasteiger partial charge in [0.1, 0.15) is 23.4 Å². The van der Waals surface area contributed by atoms with Gasteiger partial charge in [0.2, 0.25) is 0 Å². The van der Waals surface area contributed by atoms with Gasteiger partial charge in [-0.15, -0.1) is 0 Å². The smallest absolute Gasteiger partial charge is 0.545 e. The van der Waals surface area contributed by atoms with E-state index in [9.17, 15) is 14.7 Å². The van der Waals surface area contributed by atoms with Gasteiger partial charge in [-0.3, -0.25) is 4.79 Å². The van der Waals surface area contributed by atoms with Gasteiger partial charge in [-0.05, 0) is 53.1 Å². The van der Waals surface area contributed by atoms with Crippen LogP contribution in [0.5, 0.6) is 5.75 Å². The van der Waals surface area contributed by atoms with E-state index in [1.54, 1.807) is 42.5 Å². The molecule has 0 atom stereocenters. The van der Waals surface area contributed by atoms with Gasteiger partial charge in [0.05, 0.1) is 17.7 Å². The summed E-state index contributed by atoms with van der Waals surface area (Å²) < 4.78 is 14.2. The second-order valence-corrected chi connectivity index (χ2v) is 8.93. The molecule has 8 heteroatoms. The maximum atomic E-state index is 13.8. The summed E-state index contributed by atoms with van der Waals surface area (Å²) >= 11 is 1.04.